The van der Waals surface area contributed by atoms with Gasteiger partial charge in [0.1, 0.15) is 0 Å². The molecule has 0 fully saturated rings. The number of anilines is 1. The SMILES string of the molecule is COc1ccc(C(=O)Nc2c(Cl)cncc2Cl)cc1OCCc1cccs1. The Kier molecular flexibility index (Phi) is 6.55. The molecule has 1 N–H and O–H groups in total. The van der Waals surface area contributed by atoms with E-state index in [0.29, 0.717) is 29.4 Å². The van der Waals surface area contributed by atoms with Crippen LogP contribution in [-0.4, -0.2) is 24.6 Å². The summed E-state index contributed by atoms with van der Waals surface area (Å²) in [4.78, 5) is 17.7. The topological polar surface area (TPSA) is 60.5 Å². The standard InChI is InChI=1S/C19H16Cl2N2O3S/c1-25-16-5-4-12(9-17(16)26-7-6-13-3-2-8-27-13)19(24)23-18-14(20)10-22-11-15(18)21/h2-5,8-11H,6-7H2,1H3,(H,22,23,24). The number of hydrogen-bond acceptors (Lipinski definition) is 5. The van der Waals surface area contributed by atoms with E-state index in [4.69, 9.17) is 32.7 Å². The summed E-state index contributed by atoms with van der Waals surface area (Å²) in [5, 5.41) is 5.25. The van der Waals surface area contributed by atoms with Crippen LogP contribution in [-0.2, 0) is 6.42 Å². The number of carbonyl (C=O) groups is 1. The molecule has 0 saturated heterocycles. The molecule has 0 atom stereocenters. The first kappa shape index (κ1) is 19.5. The molecule has 140 valence electrons. The summed E-state index contributed by atoms with van der Waals surface area (Å²) in [5.74, 6) is 0.682. The van der Waals surface area contributed by atoms with E-state index in [1.165, 1.54) is 17.3 Å². The molecule has 0 aliphatic carbocycles. The molecule has 2 aromatic heterocycles. The van der Waals surface area contributed by atoms with Crippen molar-refractivity contribution in [2.45, 2.75) is 6.42 Å². The summed E-state index contributed by atoms with van der Waals surface area (Å²) < 4.78 is 11.1. The van der Waals surface area contributed by atoms with Crippen LogP contribution in [0.2, 0.25) is 10.0 Å². The average molecular weight is 423 g/mol. The Balaban J connectivity index is 1.74. The Morgan fingerprint density at radius 1 is 1.19 bits per heavy atom. The predicted molar refractivity (Wildman–Crippen MR) is 109 cm³/mol. The van der Waals surface area contributed by atoms with Crippen LogP contribution in [0, 0.1) is 0 Å². The number of benzene rings is 1. The van der Waals surface area contributed by atoms with Crippen LogP contribution in [0.3, 0.4) is 0 Å². The molecule has 0 unspecified atom stereocenters. The summed E-state index contributed by atoms with van der Waals surface area (Å²) in [6, 6.07) is 9.01. The molecule has 0 spiro atoms. The van der Waals surface area contributed by atoms with E-state index in [2.05, 4.69) is 16.4 Å². The molecule has 0 radical (unpaired) electrons. The highest BCUT2D eigenvalue weighted by atomic mass is 35.5. The lowest BCUT2D eigenvalue weighted by Crippen LogP contribution is -2.13. The molecule has 0 bridgehead atoms. The molecular weight excluding hydrogens is 407 g/mol. The Bertz CT molecular complexity index is 912. The quantitative estimate of drug-likeness (QED) is 0.558. The first-order chi connectivity index (χ1) is 13.1. The molecule has 0 aliphatic rings. The summed E-state index contributed by atoms with van der Waals surface area (Å²) >= 11 is 13.8. The number of carbonyl (C=O) groups excluding carboxylic acids is 1. The number of pyridine rings is 1. The highest BCUT2D eigenvalue weighted by molar-refractivity contribution is 7.09. The predicted octanol–water partition coefficient (Wildman–Crippen LogP) is 5.33. The molecule has 8 heteroatoms. The van der Waals surface area contributed by atoms with Crippen molar-refractivity contribution in [1.29, 1.82) is 0 Å². The van der Waals surface area contributed by atoms with E-state index in [1.807, 2.05) is 11.4 Å². The van der Waals surface area contributed by atoms with Gasteiger partial charge < -0.3 is 14.8 Å². The fraction of sp³-hybridized carbons (Fsp3) is 0.158. The lowest BCUT2D eigenvalue weighted by Gasteiger charge is -2.13. The lowest BCUT2D eigenvalue weighted by molar-refractivity contribution is 0.102. The van der Waals surface area contributed by atoms with Crippen molar-refractivity contribution in [1.82, 2.24) is 4.98 Å². The highest BCUT2D eigenvalue weighted by Crippen LogP contribution is 2.31. The van der Waals surface area contributed by atoms with Crippen LogP contribution in [0.5, 0.6) is 11.5 Å². The zero-order valence-corrected chi connectivity index (χ0v) is 16.7. The van der Waals surface area contributed by atoms with Crippen LogP contribution < -0.4 is 14.8 Å². The zero-order valence-electron chi connectivity index (χ0n) is 14.4. The van der Waals surface area contributed by atoms with E-state index in [9.17, 15) is 4.79 Å². The molecule has 2 heterocycles. The molecule has 3 aromatic rings. The first-order valence-electron chi connectivity index (χ1n) is 8.02. The van der Waals surface area contributed by atoms with Gasteiger partial charge in [0.25, 0.3) is 5.91 Å². The fourth-order valence-corrected chi connectivity index (χ4v) is 3.51. The highest BCUT2D eigenvalue weighted by Gasteiger charge is 2.15. The van der Waals surface area contributed by atoms with Crippen LogP contribution in [0.4, 0.5) is 5.69 Å². The van der Waals surface area contributed by atoms with Crippen molar-refractivity contribution in [3.8, 4) is 11.5 Å². The number of hydrogen-bond donors (Lipinski definition) is 1. The second-order valence-electron chi connectivity index (χ2n) is 5.48. The number of rotatable bonds is 7. The van der Waals surface area contributed by atoms with Gasteiger partial charge >= 0.3 is 0 Å². The molecule has 1 aromatic carbocycles. The maximum absolute atomic E-state index is 12.6. The minimum atomic E-state index is -0.365. The lowest BCUT2D eigenvalue weighted by atomic mass is 10.2. The third kappa shape index (κ3) is 4.91. The molecule has 0 saturated carbocycles. The molecule has 5 nitrogen and oxygen atoms in total. The van der Waals surface area contributed by atoms with Crippen LogP contribution >= 0.6 is 34.5 Å². The smallest absolute Gasteiger partial charge is 0.255 e. The third-order valence-corrected chi connectivity index (χ3v) is 5.21. The number of thiophene rings is 1. The second kappa shape index (κ2) is 9.08. The Morgan fingerprint density at radius 2 is 1.96 bits per heavy atom. The second-order valence-corrected chi connectivity index (χ2v) is 7.32. The third-order valence-electron chi connectivity index (χ3n) is 3.70. The van der Waals surface area contributed by atoms with Crippen LogP contribution in [0.1, 0.15) is 15.2 Å². The first-order valence-corrected chi connectivity index (χ1v) is 9.65. The van der Waals surface area contributed by atoms with E-state index in [0.717, 1.165) is 6.42 Å². The van der Waals surface area contributed by atoms with Gasteiger partial charge in [0, 0.05) is 29.3 Å². The number of aromatic nitrogens is 1. The number of nitrogens with one attached hydrogen (secondary N) is 1. The van der Waals surface area contributed by atoms with Crippen molar-refractivity contribution in [2.24, 2.45) is 0 Å². The summed E-state index contributed by atoms with van der Waals surface area (Å²) in [5.41, 5.74) is 0.709. The van der Waals surface area contributed by atoms with Gasteiger partial charge in [-0.2, -0.15) is 0 Å². The van der Waals surface area contributed by atoms with Crippen molar-refractivity contribution in [3.05, 3.63) is 68.6 Å². The van der Waals surface area contributed by atoms with Crippen molar-refractivity contribution >= 4 is 46.1 Å². The maximum atomic E-state index is 12.6. The van der Waals surface area contributed by atoms with Crippen molar-refractivity contribution in [3.63, 3.8) is 0 Å². The Morgan fingerprint density at radius 3 is 2.63 bits per heavy atom. The summed E-state index contributed by atoms with van der Waals surface area (Å²) in [7, 11) is 1.55. The van der Waals surface area contributed by atoms with E-state index >= 15 is 0 Å². The van der Waals surface area contributed by atoms with Crippen molar-refractivity contribution in [2.75, 3.05) is 19.0 Å². The van der Waals surface area contributed by atoms with Gasteiger partial charge in [0.2, 0.25) is 0 Å². The molecular formula is C19H16Cl2N2O3S. The van der Waals surface area contributed by atoms with Gasteiger partial charge in [-0.15, -0.1) is 11.3 Å². The molecule has 1 amide bonds. The number of ether oxygens (including phenoxy) is 2. The minimum Gasteiger partial charge on any atom is -0.493 e. The van der Waals surface area contributed by atoms with Crippen LogP contribution in [0.15, 0.2) is 48.1 Å². The summed E-state index contributed by atoms with van der Waals surface area (Å²) in [6.45, 7) is 0.476. The Labute approximate surface area is 170 Å². The van der Waals surface area contributed by atoms with Gasteiger partial charge in [0.15, 0.2) is 11.5 Å². The monoisotopic (exact) mass is 422 g/mol. The van der Waals surface area contributed by atoms with E-state index in [1.54, 1.807) is 36.6 Å². The average Bonchev–Trinajstić information content (AvgIpc) is 3.18. The minimum absolute atomic E-state index is 0.261. The van der Waals surface area contributed by atoms with Gasteiger partial charge in [0.05, 0.1) is 29.4 Å². The normalized spacial score (nSPS) is 10.5. The molecule has 3 rings (SSSR count). The molecule has 0 aliphatic heterocycles. The van der Waals surface area contributed by atoms with Gasteiger partial charge in [-0.25, -0.2) is 0 Å². The maximum Gasteiger partial charge on any atom is 0.255 e. The van der Waals surface area contributed by atoms with E-state index in [-0.39, 0.29) is 16.0 Å². The molecule has 27 heavy (non-hydrogen) atoms. The Hall–Kier alpha value is -2.28. The summed E-state index contributed by atoms with van der Waals surface area (Å²) in [6.07, 6.45) is 3.60. The van der Waals surface area contributed by atoms with E-state index < -0.39 is 0 Å². The van der Waals surface area contributed by atoms with Gasteiger partial charge in [-0.1, -0.05) is 29.3 Å². The van der Waals surface area contributed by atoms with Gasteiger partial charge in [-0.3, -0.25) is 9.78 Å². The number of nitrogens with zero attached hydrogens (tertiary/aromatic N) is 1. The van der Waals surface area contributed by atoms with Crippen LogP contribution in [0.25, 0.3) is 0 Å². The fourth-order valence-electron chi connectivity index (χ4n) is 2.36. The van der Waals surface area contributed by atoms with Crippen molar-refractivity contribution < 1.29 is 14.3 Å². The zero-order chi connectivity index (χ0) is 19.2. The number of amides is 1. The number of halogens is 2. The van der Waals surface area contributed by atoms with Gasteiger partial charge in [-0.05, 0) is 29.6 Å². The number of methoxy groups -OCH3 is 1. The largest absolute Gasteiger partial charge is 0.493 e.